The first-order chi connectivity index (χ1) is 21.4. The largest absolute Gasteiger partial charge is 0.416 e. The van der Waals surface area contributed by atoms with Crippen molar-refractivity contribution in [1.29, 1.82) is 0 Å². The molecule has 0 unspecified atom stereocenters. The SMILES string of the molecule is O=C(c1cc(C(F)(F)F)cc(C(F)(F)F)c1)N1CCN(Cc2cc(CN3CCOCC3)on2)C[C@H]1Cc1c[nH]c2ccccc12. The van der Waals surface area contributed by atoms with E-state index in [0.29, 0.717) is 69.4 Å². The summed E-state index contributed by atoms with van der Waals surface area (Å²) in [7, 11) is 0. The average molecular weight is 636 g/mol. The summed E-state index contributed by atoms with van der Waals surface area (Å²) < 4.78 is 92.5. The number of ether oxygens (including phenoxy) is 1. The van der Waals surface area contributed by atoms with Gasteiger partial charge < -0.3 is 19.1 Å². The third-order valence-corrected chi connectivity index (χ3v) is 8.27. The number of alkyl halides is 6. The molecule has 1 N–H and O–H groups in total. The number of benzene rings is 2. The van der Waals surface area contributed by atoms with E-state index in [2.05, 4.69) is 19.9 Å². The smallest absolute Gasteiger partial charge is 0.379 e. The Kier molecular flexibility index (Phi) is 8.63. The van der Waals surface area contributed by atoms with E-state index in [1.54, 1.807) is 0 Å². The summed E-state index contributed by atoms with van der Waals surface area (Å²) in [5.41, 5.74) is -1.25. The Hall–Kier alpha value is -3.88. The van der Waals surface area contributed by atoms with Crippen molar-refractivity contribution in [3.8, 4) is 0 Å². The van der Waals surface area contributed by atoms with Gasteiger partial charge in [-0.1, -0.05) is 23.4 Å². The van der Waals surface area contributed by atoms with Gasteiger partial charge in [-0.15, -0.1) is 0 Å². The van der Waals surface area contributed by atoms with Crippen molar-refractivity contribution < 1.29 is 40.4 Å². The number of piperazine rings is 1. The lowest BCUT2D eigenvalue weighted by atomic mass is 9.98. The topological polar surface area (TPSA) is 77.8 Å². The van der Waals surface area contributed by atoms with Crippen LogP contribution in [0, 0.1) is 0 Å². The number of hydrogen-bond acceptors (Lipinski definition) is 6. The van der Waals surface area contributed by atoms with Gasteiger partial charge in [0.2, 0.25) is 0 Å². The molecule has 14 heteroatoms. The number of aromatic nitrogens is 2. The Morgan fingerprint density at radius 1 is 0.889 bits per heavy atom. The van der Waals surface area contributed by atoms with Gasteiger partial charge in [-0.3, -0.25) is 14.6 Å². The molecule has 2 fully saturated rings. The molecule has 240 valence electrons. The number of morpholine rings is 1. The highest BCUT2D eigenvalue weighted by Gasteiger charge is 2.39. The van der Waals surface area contributed by atoms with Gasteiger partial charge >= 0.3 is 12.4 Å². The van der Waals surface area contributed by atoms with Gasteiger partial charge in [-0.2, -0.15) is 26.3 Å². The summed E-state index contributed by atoms with van der Waals surface area (Å²) >= 11 is 0. The molecule has 1 atom stereocenters. The van der Waals surface area contributed by atoms with E-state index >= 15 is 0 Å². The van der Waals surface area contributed by atoms with E-state index in [9.17, 15) is 31.1 Å². The molecule has 2 aliphatic rings. The third-order valence-electron chi connectivity index (χ3n) is 8.27. The van der Waals surface area contributed by atoms with Crippen LogP contribution in [0.15, 0.2) is 59.3 Å². The molecule has 2 aliphatic heterocycles. The number of nitrogens with zero attached hydrogens (tertiary/aromatic N) is 4. The van der Waals surface area contributed by atoms with E-state index in [4.69, 9.17) is 9.26 Å². The molecular formula is C31H31F6N5O3. The zero-order chi connectivity index (χ0) is 31.8. The molecule has 6 rings (SSSR count). The molecule has 1 amide bonds. The number of H-pyrrole nitrogens is 1. The lowest BCUT2D eigenvalue weighted by Crippen LogP contribution is -2.55. The number of hydrogen-bond donors (Lipinski definition) is 1. The number of rotatable bonds is 7. The summed E-state index contributed by atoms with van der Waals surface area (Å²) in [6.07, 6.45) is -7.97. The van der Waals surface area contributed by atoms with E-state index in [1.165, 1.54) is 4.90 Å². The molecule has 4 aromatic rings. The van der Waals surface area contributed by atoms with Crippen molar-refractivity contribution in [2.24, 2.45) is 0 Å². The molecule has 0 radical (unpaired) electrons. The van der Waals surface area contributed by atoms with Gasteiger partial charge in [0, 0.05) is 74.0 Å². The second kappa shape index (κ2) is 12.5. The molecule has 0 aliphatic carbocycles. The molecule has 0 saturated carbocycles. The number of aromatic amines is 1. The quantitative estimate of drug-likeness (QED) is 0.267. The lowest BCUT2D eigenvalue weighted by Gasteiger charge is -2.41. The Bertz CT molecular complexity index is 1610. The molecule has 0 bridgehead atoms. The van der Waals surface area contributed by atoms with Gasteiger partial charge in [-0.05, 0) is 36.2 Å². The van der Waals surface area contributed by atoms with E-state index < -0.39 is 41.0 Å². The molecular weight excluding hydrogens is 604 g/mol. The minimum absolute atomic E-state index is 0.0311. The Balaban J connectivity index is 1.25. The number of para-hydroxylation sites is 1. The van der Waals surface area contributed by atoms with Crippen molar-refractivity contribution >= 4 is 16.8 Å². The average Bonchev–Trinajstić information content (AvgIpc) is 3.63. The van der Waals surface area contributed by atoms with Crippen molar-refractivity contribution in [2.75, 3.05) is 45.9 Å². The molecule has 8 nitrogen and oxygen atoms in total. The maximum absolute atomic E-state index is 13.7. The molecule has 4 heterocycles. The Morgan fingerprint density at radius 3 is 2.31 bits per heavy atom. The zero-order valence-corrected chi connectivity index (χ0v) is 24.1. The minimum atomic E-state index is -5.06. The van der Waals surface area contributed by atoms with Crippen molar-refractivity contribution in [3.05, 3.63) is 88.4 Å². The van der Waals surface area contributed by atoms with Crippen LogP contribution in [0.3, 0.4) is 0 Å². The second-order valence-electron chi connectivity index (χ2n) is 11.4. The third kappa shape index (κ3) is 7.18. The monoisotopic (exact) mass is 635 g/mol. The fourth-order valence-corrected chi connectivity index (χ4v) is 6.02. The standard InChI is InChI=1S/C31H31F6N5O3/c32-30(33,34)22-11-20(12-23(14-22)31(35,36)37)29(43)42-6-5-41(17-24-15-26(45-39-24)19-40-7-9-44-10-8-40)18-25(42)13-21-16-38-28-4-2-1-3-27(21)28/h1-4,11-12,14-16,25,38H,5-10,13,17-19H2/t25-/m1/s1. The summed E-state index contributed by atoms with van der Waals surface area (Å²) in [5, 5.41) is 5.13. The van der Waals surface area contributed by atoms with Crippen LogP contribution < -0.4 is 0 Å². The van der Waals surface area contributed by atoms with Crippen LogP contribution in [0.2, 0.25) is 0 Å². The fraction of sp³-hybridized carbons (Fsp3) is 0.419. The molecule has 2 aromatic heterocycles. The van der Waals surface area contributed by atoms with Crippen LogP contribution in [0.5, 0.6) is 0 Å². The number of nitrogens with one attached hydrogen (secondary N) is 1. The number of halogens is 6. The highest BCUT2D eigenvalue weighted by atomic mass is 19.4. The first-order valence-corrected chi connectivity index (χ1v) is 14.6. The summed E-state index contributed by atoms with van der Waals surface area (Å²) in [5.74, 6) is -0.175. The molecule has 45 heavy (non-hydrogen) atoms. The predicted molar refractivity (Wildman–Crippen MR) is 151 cm³/mol. The first-order valence-electron chi connectivity index (χ1n) is 14.6. The molecule has 2 saturated heterocycles. The van der Waals surface area contributed by atoms with Crippen molar-refractivity contribution in [2.45, 2.75) is 37.9 Å². The summed E-state index contributed by atoms with van der Waals surface area (Å²) in [6.45, 7) is 4.64. The van der Waals surface area contributed by atoms with E-state index in [1.807, 2.05) is 36.5 Å². The van der Waals surface area contributed by atoms with Gasteiger partial charge in [0.05, 0.1) is 36.6 Å². The predicted octanol–water partition coefficient (Wildman–Crippen LogP) is 5.60. The number of fused-ring (bicyclic) bond motifs is 1. The maximum Gasteiger partial charge on any atom is 0.416 e. The molecule has 0 spiro atoms. The highest BCUT2D eigenvalue weighted by molar-refractivity contribution is 5.95. The molecule has 2 aromatic carbocycles. The van der Waals surface area contributed by atoms with Gasteiger partial charge in [0.25, 0.3) is 5.91 Å². The van der Waals surface area contributed by atoms with Gasteiger partial charge in [0.15, 0.2) is 5.76 Å². The van der Waals surface area contributed by atoms with Crippen LogP contribution in [0.25, 0.3) is 10.9 Å². The van der Waals surface area contributed by atoms with Crippen LogP contribution in [-0.2, 0) is 36.6 Å². The first kappa shape index (κ1) is 31.1. The second-order valence-corrected chi connectivity index (χ2v) is 11.4. The van der Waals surface area contributed by atoms with Crippen LogP contribution in [0.4, 0.5) is 26.3 Å². The van der Waals surface area contributed by atoms with Crippen molar-refractivity contribution in [3.63, 3.8) is 0 Å². The van der Waals surface area contributed by atoms with E-state index in [-0.39, 0.29) is 12.6 Å². The summed E-state index contributed by atoms with van der Waals surface area (Å²) in [4.78, 5) is 22.6. The number of carbonyl (C=O) groups is 1. The van der Waals surface area contributed by atoms with E-state index in [0.717, 1.165) is 29.6 Å². The normalized spacial score (nSPS) is 19.0. The van der Waals surface area contributed by atoms with Gasteiger partial charge in [0.1, 0.15) is 0 Å². The number of carbonyl (C=O) groups excluding carboxylic acids is 1. The van der Waals surface area contributed by atoms with Crippen LogP contribution >= 0.6 is 0 Å². The van der Waals surface area contributed by atoms with Crippen molar-refractivity contribution in [1.82, 2.24) is 24.8 Å². The summed E-state index contributed by atoms with van der Waals surface area (Å²) in [6, 6.07) is 9.92. The van der Waals surface area contributed by atoms with Gasteiger partial charge in [-0.25, -0.2) is 0 Å². The zero-order valence-electron chi connectivity index (χ0n) is 24.1. The number of amides is 1. The minimum Gasteiger partial charge on any atom is -0.379 e. The fourth-order valence-electron chi connectivity index (χ4n) is 6.02. The lowest BCUT2D eigenvalue weighted by molar-refractivity contribution is -0.143. The Labute approximate surface area is 254 Å². The van der Waals surface area contributed by atoms with Crippen LogP contribution in [0.1, 0.15) is 38.5 Å². The Morgan fingerprint density at radius 2 is 1.60 bits per heavy atom. The van der Waals surface area contributed by atoms with Crippen LogP contribution in [-0.4, -0.2) is 82.7 Å². The maximum atomic E-state index is 13.7. The highest BCUT2D eigenvalue weighted by Crippen LogP contribution is 2.37.